The highest BCUT2D eigenvalue weighted by atomic mass is 31.3. The van der Waals surface area contributed by atoms with Crippen LogP contribution in [0.5, 0.6) is 0 Å². The van der Waals surface area contributed by atoms with Gasteiger partial charge in [-0.2, -0.15) is 23.2 Å². The summed E-state index contributed by atoms with van der Waals surface area (Å²) in [7, 11) is -14.1. The largest absolute Gasteiger partial charge is 0.490 e. The van der Waals surface area contributed by atoms with E-state index in [0.717, 1.165) is 10.9 Å². The number of nitrogen functional groups attached to an aromatic ring is 2. The Balaban J connectivity index is 1.05. The fourth-order valence-electron chi connectivity index (χ4n) is 5.69. The van der Waals surface area contributed by atoms with Crippen molar-refractivity contribution in [2.45, 2.75) is 48.8 Å². The highest BCUT2D eigenvalue weighted by Gasteiger charge is 2.49. The molecule has 284 valence electrons. The number of nitrogens with zero attached hydrogens (tertiary/aromatic N) is 6. The Morgan fingerprint density at radius 2 is 1.38 bits per heavy atom. The predicted octanol–water partition coefficient (Wildman–Crippen LogP) is -4.49. The van der Waals surface area contributed by atoms with Crippen molar-refractivity contribution in [1.82, 2.24) is 34.1 Å². The van der Waals surface area contributed by atoms with Gasteiger partial charge in [0.1, 0.15) is 32.3 Å². The lowest BCUT2D eigenvalue weighted by molar-refractivity contribution is -0.646. The molecule has 0 saturated carbocycles. The number of aromatic nitrogens is 8. The molecule has 6 rings (SSSR count). The molecule has 0 amide bonds. The molecule has 2 saturated heterocycles. The molecule has 11 atom stereocenters. The maximum absolute atomic E-state index is 12.6. The summed E-state index contributed by atoms with van der Waals surface area (Å²) in [6.45, 7) is -1.99. The van der Waals surface area contributed by atoms with Gasteiger partial charge in [-0.05, 0) is 0 Å². The van der Waals surface area contributed by atoms with Crippen molar-refractivity contribution in [2.24, 2.45) is 7.05 Å². The molecule has 0 aromatic carbocycles. The number of aromatic amines is 2. The number of aryl methyl sites for hydroxylation is 1. The van der Waals surface area contributed by atoms with Gasteiger partial charge in [-0.25, -0.2) is 23.2 Å². The zero-order chi connectivity index (χ0) is 38.1. The molecule has 6 heterocycles. The van der Waals surface area contributed by atoms with Gasteiger partial charge in [0.15, 0.2) is 17.4 Å². The third-order valence-electron chi connectivity index (χ3n) is 8.03. The van der Waals surface area contributed by atoms with Crippen molar-refractivity contribution in [2.75, 3.05) is 24.7 Å². The lowest BCUT2D eigenvalue weighted by atomic mass is 9.81. The maximum Gasteiger partial charge on any atom is 0.490 e. The Hall–Kier alpha value is -3.43. The van der Waals surface area contributed by atoms with Crippen LogP contribution in [0.1, 0.15) is 12.5 Å². The van der Waals surface area contributed by atoms with Gasteiger partial charge in [-0.3, -0.25) is 33.2 Å². The van der Waals surface area contributed by atoms with Crippen LogP contribution in [-0.2, 0) is 47.9 Å². The highest BCUT2D eigenvalue weighted by Crippen LogP contribution is 2.68. The van der Waals surface area contributed by atoms with Crippen molar-refractivity contribution >= 4 is 65.5 Å². The summed E-state index contributed by atoms with van der Waals surface area (Å²) in [6.07, 6.45) is -7.88. The second kappa shape index (κ2) is 13.8. The second-order valence-corrected chi connectivity index (χ2v) is 16.3. The topological polar surface area (TPSA) is 398 Å². The lowest BCUT2D eigenvalue weighted by Crippen LogP contribution is -2.33. The van der Waals surface area contributed by atoms with Gasteiger partial charge in [0.2, 0.25) is 24.5 Å². The lowest BCUT2D eigenvalue weighted by Gasteiger charge is -2.21. The minimum Gasteiger partial charge on any atom is -0.391 e. The molecule has 27 nitrogen and oxygen atoms in total. The number of imidazole rings is 2. The first-order valence-electron chi connectivity index (χ1n) is 14.7. The quantitative estimate of drug-likeness (QED) is 0.0367. The van der Waals surface area contributed by atoms with Crippen LogP contribution in [0.2, 0.25) is 5.82 Å². The molecular weight excluding hydrogens is 768 g/mol. The van der Waals surface area contributed by atoms with E-state index in [-0.39, 0.29) is 34.2 Å². The van der Waals surface area contributed by atoms with Crippen LogP contribution in [0.4, 0.5) is 11.9 Å². The molecule has 8 unspecified atom stereocenters. The highest BCUT2D eigenvalue weighted by molar-refractivity contribution is 7.66. The summed E-state index contributed by atoms with van der Waals surface area (Å²) < 4.78 is 70.1. The van der Waals surface area contributed by atoms with Crippen molar-refractivity contribution < 1.29 is 75.4 Å². The van der Waals surface area contributed by atoms with Gasteiger partial charge in [-0.1, -0.05) is 0 Å². The number of hydrogen-bond donors (Lipinski definition) is 10. The molecule has 0 aliphatic carbocycles. The standard InChI is InChI=1S/C21H30BN10O17P3/c1-30-5-32(15-10(30)17(37)29-21(24)27-15)18-8(22)11(33)6(46-18)2-44-50(38,39)48-52(42,43)49-51(40,41)45-3-7-12(34)13(35)19(47-7)31-4-25-9-14(31)26-20(23)28-16(9)36/h4-8,11-13,18-19,33-35H,2-3,22H2,1H3,(H8-,23,24,26,27,28,29,36,37,38,39,40,41,42,43)/p+1/t6?,7-,8?,11?,12?,13?,18-,19-/m1/s1. The average Bonchev–Trinajstić information content (AvgIpc) is 3.74. The first kappa shape index (κ1) is 38.3. The number of phosphoric acid groups is 3. The van der Waals surface area contributed by atoms with Gasteiger partial charge < -0.3 is 50.9 Å². The van der Waals surface area contributed by atoms with Crippen molar-refractivity contribution in [3.8, 4) is 0 Å². The molecule has 0 spiro atoms. The fraction of sp³-hybridized carbons (Fsp3) is 0.524. The molecule has 52 heavy (non-hydrogen) atoms. The molecule has 2 aliphatic heterocycles. The number of phosphoric ester groups is 2. The number of rotatable bonds is 12. The van der Waals surface area contributed by atoms with Gasteiger partial charge in [0.05, 0.1) is 32.7 Å². The van der Waals surface area contributed by atoms with Gasteiger partial charge in [-0.15, -0.1) is 0 Å². The summed E-state index contributed by atoms with van der Waals surface area (Å²) in [4.78, 5) is 71.0. The van der Waals surface area contributed by atoms with E-state index >= 15 is 0 Å². The number of anilines is 2. The summed E-state index contributed by atoms with van der Waals surface area (Å²) in [5, 5.41) is 31.7. The number of aliphatic hydroxyl groups is 3. The zero-order valence-electron chi connectivity index (χ0n) is 26.5. The van der Waals surface area contributed by atoms with Crippen molar-refractivity contribution in [3.05, 3.63) is 33.4 Å². The van der Waals surface area contributed by atoms with Crippen molar-refractivity contribution in [1.29, 1.82) is 0 Å². The van der Waals surface area contributed by atoms with Crippen LogP contribution in [0.25, 0.3) is 22.3 Å². The average molecular weight is 799 g/mol. The Bertz CT molecular complexity index is 2280. The monoisotopic (exact) mass is 799 g/mol. The SMILES string of the molecule is BC1C(O)C(COP(=O)(O)OP(=O)(O)OP(=O)(O)OC[C@H]2O[C@@H](n3cnc4c(=O)[nH]c(N)nc43)C(O)C2O)O[C@H]1n1c[n+](C)c2c(=O)[nH]c(N)nc21. The first-order valence-corrected chi connectivity index (χ1v) is 19.2. The maximum atomic E-state index is 12.6. The van der Waals surface area contributed by atoms with Crippen LogP contribution in [0.3, 0.4) is 0 Å². The number of nitrogens with two attached hydrogens (primary N) is 2. The molecule has 4 aromatic heterocycles. The van der Waals surface area contributed by atoms with E-state index in [9.17, 15) is 53.3 Å². The van der Waals surface area contributed by atoms with E-state index in [1.165, 1.54) is 15.5 Å². The Morgan fingerprint density at radius 3 is 2.00 bits per heavy atom. The predicted molar refractivity (Wildman–Crippen MR) is 170 cm³/mol. The number of aliphatic hydroxyl groups excluding tert-OH is 3. The Labute approximate surface area is 288 Å². The van der Waals surface area contributed by atoms with E-state index < -0.39 is 96.6 Å². The van der Waals surface area contributed by atoms with E-state index in [4.69, 9.17) is 25.5 Å². The minimum absolute atomic E-state index is 0.0945. The first-order chi connectivity index (χ1) is 24.2. The van der Waals surface area contributed by atoms with E-state index in [2.05, 4.69) is 38.1 Å². The third kappa shape index (κ3) is 7.50. The normalized spacial score (nSPS) is 30.1. The number of nitrogens with one attached hydrogen (secondary N) is 2. The number of hydrogen-bond acceptors (Lipinski definition) is 19. The summed E-state index contributed by atoms with van der Waals surface area (Å²) in [5.74, 6) is -1.24. The van der Waals surface area contributed by atoms with Crippen molar-refractivity contribution in [3.63, 3.8) is 0 Å². The van der Waals surface area contributed by atoms with Crippen LogP contribution in [0, 0.1) is 0 Å². The van der Waals surface area contributed by atoms with Crippen LogP contribution < -0.4 is 27.2 Å². The third-order valence-corrected chi connectivity index (χ3v) is 12.3. The molecular formula is C21H31BN10O17P3+. The summed E-state index contributed by atoms with van der Waals surface area (Å²) >= 11 is 0. The van der Waals surface area contributed by atoms with E-state index in [0.29, 0.717) is 0 Å². The summed E-state index contributed by atoms with van der Waals surface area (Å²) in [6, 6.07) is 0. The number of H-pyrrole nitrogens is 2. The minimum atomic E-state index is -5.95. The zero-order valence-corrected chi connectivity index (χ0v) is 29.2. The molecule has 31 heteroatoms. The molecule has 2 aliphatic rings. The Kier molecular flexibility index (Phi) is 10.1. The van der Waals surface area contributed by atoms with E-state index in [1.807, 2.05) is 0 Å². The Morgan fingerprint density at radius 1 is 0.846 bits per heavy atom. The van der Waals surface area contributed by atoms with Gasteiger partial charge >= 0.3 is 29.0 Å². The van der Waals surface area contributed by atoms with E-state index in [1.54, 1.807) is 14.9 Å². The smallest absolute Gasteiger partial charge is 0.391 e. The molecule has 12 N–H and O–H groups in total. The van der Waals surface area contributed by atoms with Crippen LogP contribution in [-0.4, -0.2) is 116 Å². The number of ether oxygens (including phenoxy) is 2. The van der Waals surface area contributed by atoms with Crippen LogP contribution in [0.15, 0.2) is 22.2 Å². The molecule has 4 aromatic rings. The molecule has 2 fully saturated rings. The summed E-state index contributed by atoms with van der Waals surface area (Å²) in [5.41, 5.74) is 9.83. The van der Waals surface area contributed by atoms with Crippen LogP contribution >= 0.6 is 23.5 Å². The second-order valence-electron chi connectivity index (χ2n) is 11.7. The van der Waals surface area contributed by atoms with Gasteiger partial charge in [0.25, 0.3) is 16.7 Å². The number of fused-ring (bicyclic) bond motifs is 2. The van der Waals surface area contributed by atoms with Gasteiger partial charge in [0, 0.05) is 5.82 Å². The molecule has 0 radical (unpaired) electrons. The molecule has 0 bridgehead atoms. The fourth-order valence-corrected chi connectivity index (χ4v) is 9.21.